The van der Waals surface area contributed by atoms with Crippen molar-refractivity contribution in [1.82, 2.24) is 20.2 Å². The first-order valence-corrected chi connectivity index (χ1v) is 9.12. The molecule has 6 nitrogen and oxygen atoms in total. The number of rotatable bonds is 7. The average Bonchev–Trinajstić information content (AvgIpc) is 2.90. The van der Waals surface area contributed by atoms with Gasteiger partial charge in [-0.15, -0.1) is 0 Å². The van der Waals surface area contributed by atoms with E-state index < -0.39 is 6.04 Å². The molecule has 2 N–H and O–H groups in total. The van der Waals surface area contributed by atoms with Gasteiger partial charge < -0.3 is 15.2 Å². The minimum Gasteiger partial charge on any atom is -0.354 e. The Bertz CT molecular complexity index is 764. The predicted molar refractivity (Wildman–Crippen MR) is 97.1 cm³/mol. The Labute approximate surface area is 148 Å². The van der Waals surface area contributed by atoms with Gasteiger partial charge in [0.1, 0.15) is 11.9 Å². The van der Waals surface area contributed by atoms with E-state index in [9.17, 15) is 9.59 Å². The summed E-state index contributed by atoms with van der Waals surface area (Å²) in [5.41, 5.74) is 2.10. The lowest BCUT2D eigenvalue weighted by Crippen LogP contribution is -2.48. The largest absolute Gasteiger partial charge is 0.354 e. The Morgan fingerprint density at radius 2 is 2.08 bits per heavy atom. The summed E-state index contributed by atoms with van der Waals surface area (Å²) in [5.74, 6) is 0.920. The van der Waals surface area contributed by atoms with Gasteiger partial charge in [-0.3, -0.25) is 9.59 Å². The second kappa shape index (κ2) is 7.68. The van der Waals surface area contributed by atoms with Crippen molar-refractivity contribution in [3.63, 3.8) is 0 Å². The fourth-order valence-electron chi connectivity index (χ4n) is 3.19. The zero-order valence-electron chi connectivity index (χ0n) is 14.9. The molecule has 6 heteroatoms. The number of para-hydroxylation sites is 2. The van der Waals surface area contributed by atoms with Gasteiger partial charge in [0.05, 0.1) is 11.0 Å². The predicted octanol–water partition coefficient (Wildman–Crippen LogP) is 2.02. The van der Waals surface area contributed by atoms with E-state index in [4.69, 9.17) is 0 Å². The molecule has 1 aliphatic rings. The summed E-state index contributed by atoms with van der Waals surface area (Å²) < 4.78 is 2.17. The van der Waals surface area contributed by atoms with Crippen molar-refractivity contribution in [1.29, 1.82) is 0 Å². The molecule has 3 rings (SSSR count). The summed E-state index contributed by atoms with van der Waals surface area (Å²) in [6.45, 7) is 5.17. The van der Waals surface area contributed by atoms with Crippen LogP contribution in [0.1, 0.15) is 38.9 Å². The monoisotopic (exact) mass is 342 g/mol. The fourth-order valence-corrected chi connectivity index (χ4v) is 3.19. The molecule has 25 heavy (non-hydrogen) atoms. The number of aromatic nitrogens is 2. The van der Waals surface area contributed by atoms with E-state index in [1.807, 2.05) is 18.2 Å². The van der Waals surface area contributed by atoms with E-state index in [1.165, 1.54) is 0 Å². The summed E-state index contributed by atoms with van der Waals surface area (Å²) in [5, 5.41) is 5.70. The Morgan fingerprint density at radius 1 is 1.32 bits per heavy atom. The molecule has 134 valence electrons. The van der Waals surface area contributed by atoms with Gasteiger partial charge in [-0.1, -0.05) is 18.6 Å². The van der Waals surface area contributed by atoms with E-state index in [1.54, 1.807) is 6.92 Å². The number of hydrogen-bond acceptors (Lipinski definition) is 3. The highest BCUT2D eigenvalue weighted by Crippen LogP contribution is 2.26. The van der Waals surface area contributed by atoms with Gasteiger partial charge in [-0.2, -0.15) is 0 Å². The second-order valence-electron chi connectivity index (χ2n) is 6.66. The molecular formula is C19H26N4O2. The number of carbonyl (C=O) groups is 2. The molecule has 0 bridgehead atoms. The Balaban J connectivity index is 1.52. The smallest absolute Gasteiger partial charge is 0.242 e. The summed E-state index contributed by atoms with van der Waals surface area (Å²) in [7, 11) is 0. The number of carbonyl (C=O) groups excluding carboxylic acids is 2. The molecule has 1 aromatic heterocycles. The van der Waals surface area contributed by atoms with Crippen molar-refractivity contribution in [3.8, 4) is 0 Å². The first kappa shape index (κ1) is 17.5. The molecule has 1 saturated carbocycles. The first-order valence-electron chi connectivity index (χ1n) is 9.12. The number of benzene rings is 1. The Kier molecular flexibility index (Phi) is 5.36. The van der Waals surface area contributed by atoms with Gasteiger partial charge in [0, 0.05) is 25.4 Å². The van der Waals surface area contributed by atoms with Crippen molar-refractivity contribution < 1.29 is 9.59 Å². The maximum absolute atomic E-state index is 12.2. The molecule has 0 saturated heterocycles. The lowest BCUT2D eigenvalue weighted by Gasteiger charge is -2.25. The highest BCUT2D eigenvalue weighted by atomic mass is 16.2. The van der Waals surface area contributed by atoms with Gasteiger partial charge in [0.25, 0.3) is 0 Å². The van der Waals surface area contributed by atoms with Gasteiger partial charge >= 0.3 is 0 Å². The van der Waals surface area contributed by atoms with Crippen LogP contribution < -0.4 is 10.6 Å². The third kappa shape index (κ3) is 3.83. The van der Waals surface area contributed by atoms with Crippen LogP contribution in [0.2, 0.25) is 0 Å². The summed E-state index contributed by atoms with van der Waals surface area (Å²) in [4.78, 5) is 28.7. The molecule has 1 atom stereocenters. The van der Waals surface area contributed by atoms with Crippen LogP contribution in [-0.4, -0.2) is 34.0 Å². The normalized spacial score (nSPS) is 15.6. The van der Waals surface area contributed by atoms with E-state index >= 15 is 0 Å². The van der Waals surface area contributed by atoms with Crippen molar-refractivity contribution in [2.75, 3.05) is 6.54 Å². The number of amides is 2. The number of hydrogen-bond donors (Lipinski definition) is 2. The number of aryl methyl sites for hydroxylation is 1. The summed E-state index contributed by atoms with van der Waals surface area (Å²) >= 11 is 0. The van der Waals surface area contributed by atoms with Crippen molar-refractivity contribution in [2.45, 2.75) is 52.1 Å². The third-order valence-electron chi connectivity index (χ3n) is 4.93. The van der Waals surface area contributed by atoms with E-state index in [-0.39, 0.29) is 17.7 Å². The van der Waals surface area contributed by atoms with Crippen LogP contribution in [0, 0.1) is 5.92 Å². The molecule has 0 unspecified atom stereocenters. The van der Waals surface area contributed by atoms with Gasteiger partial charge in [0.2, 0.25) is 11.8 Å². The maximum atomic E-state index is 12.2. The molecule has 2 amide bonds. The molecular weight excluding hydrogens is 316 g/mol. The minimum absolute atomic E-state index is 0.00155. The molecule has 1 aliphatic carbocycles. The average molecular weight is 342 g/mol. The van der Waals surface area contributed by atoms with Crippen LogP contribution in [-0.2, 0) is 22.6 Å². The maximum Gasteiger partial charge on any atom is 0.242 e. The molecule has 0 spiro atoms. The number of nitrogens with zero attached hydrogens (tertiary/aromatic N) is 2. The van der Waals surface area contributed by atoms with E-state index in [0.29, 0.717) is 13.0 Å². The van der Waals surface area contributed by atoms with Crippen molar-refractivity contribution in [3.05, 3.63) is 30.1 Å². The molecule has 1 heterocycles. The van der Waals surface area contributed by atoms with Crippen molar-refractivity contribution in [2.24, 2.45) is 5.92 Å². The second-order valence-corrected chi connectivity index (χ2v) is 6.66. The lowest BCUT2D eigenvalue weighted by atomic mass is 9.84. The summed E-state index contributed by atoms with van der Waals surface area (Å²) in [6, 6.07) is 7.55. The first-order chi connectivity index (χ1) is 12.1. The number of imidazole rings is 1. The minimum atomic E-state index is -0.502. The molecule has 1 aromatic carbocycles. The van der Waals surface area contributed by atoms with Gasteiger partial charge in [0.15, 0.2) is 0 Å². The van der Waals surface area contributed by atoms with E-state index in [2.05, 4.69) is 33.2 Å². The fraction of sp³-hybridized carbons (Fsp3) is 0.526. The van der Waals surface area contributed by atoms with Crippen LogP contribution in [0.5, 0.6) is 0 Å². The van der Waals surface area contributed by atoms with Crippen LogP contribution in [0.4, 0.5) is 0 Å². The van der Waals surface area contributed by atoms with Crippen LogP contribution >= 0.6 is 0 Å². The third-order valence-corrected chi connectivity index (χ3v) is 4.93. The zero-order chi connectivity index (χ0) is 17.8. The molecule has 1 fully saturated rings. The SMILES string of the molecule is CCn1c(CCNC(=O)[C@H](C)NC(=O)C2CCC2)nc2ccccc21. The summed E-state index contributed by atoms with van der Waals surface area (Å²) in [6.07, 6.45) is 3.65. The van der Waals surface area contributed by atoms with E-state index in [0.717, 1.165) is 42.7 Å². The van der Waals surface area contributed by atoms with Gasteiger partial charge in [-0.25, -0.2) is 4.98 Å². The quantitative estimate of drug-likeness (QED) is 0.808. The van der Waals surface area contributed by atoms with Crippen LogP contribution in [0.15, 0.2) is 24.3 Å². The van der Waals surface area contributed by atoms with Crippen LogP contribution in [0.25, 0.3) is 11.0 Å². The molecule has 0 aliphatic heterocycles. The molecule has 2 aromatic rings. The highest BCUT2D eigenvalue weighted by Gasteiger charge is 2.27. The highest BCUT2D eigenvalue weighted by molar-refractivity contribution is 5.88. The zero-order valence-corrected chi connectivity index (χ0v) is 14.9. The van der Waals surface area contributed by atoms with Crippen LogP contribution in [0.3, 0.4) is 0 Å². The Morgan fingerprint density at radius 3 is 2.76 bits per heavy atom. The molecule has 0 radical (unpaired) electrons. The lowest BCUT2D eigenvalue weighted by molar-refractivity contribution is -0.132. The number of fused-ring (bicyclic) bond motifs is 1. The topological polar surface area (TPSA) is 76.0 Å². The van der Waals surface area contributed by atoms with Gasteiger partial charge in [-0.05, 0) is 38.8 Å². The number of nitrogens with one attached hydrogen (secondary N) is 2. The Hall–Kier alpha value is -2.37. The standard InChI is InChI=1S/C19H26N4O2/c1-3-23-16-10-5-4-9-15(16)22-17(23)11-12-20-18(24)13(2)21-19(25)14-7-6-8-14/h4-5,9-10,13-14H,3,6-8,11-12H2,1-2H3,(H,20,24)(H,21,25)/t13-/m0/s1. The van der Waals surface area contributed by atoms with Crippen molar-refractivity contribution >= 4 is 22.8 Å².